The van der Waals surface area contributed by atoms with Crippen molar-refractivity contribution in [1.29, 1.82) is 0 Å². The van der Waals surface area contributed by atoms with Gasteiger partial charge in [0, 0.05) is 7.05 Å². The zero-order valence-electron chi connectivity index (χ0n) is 21.8. The van der Waals surface area contributed by atoms with Gasteiger partial charge in [-0.25, -0.2) is 13.2 Å². The molecule has 0 aliphatic carbocycles. The Bertz CT molecular complexity index is 1430. The highest BCUT2D eigenvalue weighted by Crippen LogP contribution is 2.40. The van der Waals surface area contributed by atoms with Gasteiger partial charge in [-0.1, -0.05) is 39.0 Å². The standard InChI is InChI=1S/C28H30F3NO5S/c1-6-27(3,4)23-16-20(19-7-10-21(11-8-19)28(29,30)31)9-13-24(23)32(5)38(35,36)22-12-14-25(18(2)15-22)37-17-26(33)34/h7-16H,6,17H2,1-5H3,(H,33,34). The molecule has 10 heteroatoms. The quantitative estimate of drug-likeness (QED) is 0.323. The number of alkyl halides is 3. The molecule has 0 heterocycles. The first-order valence-electron chi connectivity index (χ1n) is 11.8. The van der Waals surface area contributed by atoms with E-state index in [1.54, 1.807) is 19.1 Å². The van der Waals surface area contributed by atoms with E-state index in [4.69, 9.17) is 9.84 Å². The van der Waals surface area contributed by atoms with Crippen LogP contribution in [0.5, 0.6) is 5.75 Å². The molecule has 204 valence electrons. The highest BCUT2D eigenvalue weighted by molar-refractivity contribution is 7.92. The molecule has 0 unspecified atom stereocenters. The maximum Gasteiger partial charge on any atom is 0.416 e. The molecule has 38 heavy (non-hydrogen) atoms. The van der Waals surface area contributed by atoms with Crippen LogP contribution in [-0.2, 0) is 26.4 Å². The van der Waals surface area contributed by atoms with Crippen molar-refractivity contribution in [3.63, 3.8) is 0 Å². The molecule has 0 atom stereocenters. The van der Waals surface area contributed by atoms with Crippen molar-refractivity contribution in [3.8, 4) is 16.9 Å². The number of nitrogens with zero attached hydrogens (tertiary/aromatic N) is 1. The number of ether oxygens (including phenoxy) is 1. The number of hydrogen-bond donors (Lipinski definition) is 1. The molecule has 0 bridgehead atoms. The topological polar surface area (TPSA) is 83.9 Å². The monoisotopic (exact) mass is 549 g/mol. The summed E-state index contributed by atoms with van der Waals surface area (Å²) in [6, 6.07) is 14.2. The van der Waals surface area contributed by atoms with Crippen LogP contribution >= 0.6 is 0 Å². The third-order valence-corrected chi connectivity index (χ3v) is 8.42. The number of benzene rings is 3. The number of aliphatic carboxylic acids is 1. The summed E-state index contributed by atoms with van der Waals surface area (Å²) in [6.45, 7) is 7.00. The maximum atomic E-state index is 13.6. The Morgan fingerprint density at radius 3 is 2.11 bits per heavy atom. The van der Waals surface area contributed by atoms with Gasteiger partial charge in [-0.2, -0.15) is 13.2 Å². The van der Waals surface area contributed by atoms with Crippen molar-refractivity contribution in [1.82, 2.24) is 0 Å². The highest BCUT2D eigenvalue weighted by atomic mass is 32.2. The number of hydrogen-bond acceptors (Lipinski definition) is 4. The predicted molar refractivity (Wildman–Crippen MR) is 140 cm³/mol. The van der Waals surface area contributed by atoms with Crippen molar-refractivity contribution in [2.75, 3.05) is 18.0 Å². The van der Waals surface area contributed by atoms with Gasteiger partial charge in [-0.15, -0.1) is 0 Å². The number of anilines is 1. The molecule has 0 amide bonds. The molecule has 0 spiro atoms. The summed E-state index contributed by atoms with van der Waals surface area (Å²) >= 11 is 0. The van der Waals surface area contributed by atoms with E-state index < -0.39 is 39.8 Å². The van der Waals surface area contributed by atoms with Gasteiger partial charge in [-0.3, -0.25) is 4.31 Å². The van der Waals surface area contributed by atoms with Crippen LogP contribution in [0.1, 0.15) is 43.9 Å². The van der Waals surface area contributed by atoms with Gasteiger partial charge in [0.25, 0.3) is 10.0 Å². The van der Waals surface area contributed by atoms with Crippen LogP contribution in [0.25, 0.3) is 11.1 Å². The Hall–Kier alpha value is -3.53. The van der Waals surface area contributed by atoms with Gasteiger partial charge in [0.1, 0.15) is 5.75 Å². The van der Waals surface area contributed by atoms with Gasteiger partial charge in [-0.05, 0) is 83.5 Å². The molecule has 0 radical (unpaired) electrons. The SMILES string of the molecule is CCC(C)(C)c1cc(-c2ccc(C(F)(F)F)cc2)ccc1N(C)S(=O)(=O)c1ccc(OCC(=O)O)c(C)c1. The minimum atomic E-state index is -4.44. The molecular weight excluding hydrogens is 519 g/mol. The minimum absolute atomic E-state index is 0.00671. The second-order valence-electron chi connectivity index (χ2n) is 9.63. The van der Waals surface area contributed by atoms with Gasteiger partial charge >= 0.3 is 12.1 Å². The summed E-state index contributed by atoms with van der Waals surface area (Å²) in [4.78, 5) is 10.8. The van der Waals surface area contributed by atoms with E-state index >= 15 is 0 Å². The second-order valence-corrected chi connectivity index (χ2v) is 11.6. The number of sulfonamides is 1. The number of carboxylic acid groups (broad SMARTS) is 1. The molecule has 0 aliphatic rings. The summed E-state index contributed by atoms with van der Waals surface area (Å²) in [5, 5.41) is 8.82. The first-order valence-corrected chi connectivity index (χ1v) is 13.3. The number of aryl methyl sites for hydroxylation is 1. The van der Waals surface area contributed by atoms with Gasteiger partial charge in [0.05, 0.1) is 16.1 Å². The molecule has 1 N–H and O–H groups in total. The Kier molecular flexibility index (Phi) is 8.16. The minimum Gasteiger partial charge on any atom is -0.482 e. The van der Waals surface area contributed by atoms with Gasteiger partial charge in [0.15, 0.2) is 6.61 Å². The summed E-state index contributed by atoms with van der Waals surface area (Å²) < 4.78 is 72.6. The normalized spacial score (nSPS) is 12.3. The Morgan fingerprint density at radius 1 is 0.974 bits per heavy atom. The molecule has 0 aromatic heterocycles. The van der Waals surface area contributed by atoms with Gasteiger partial charge < -0.3 is 9.84 Å². The summed E-state index contributed by atoms with van der Waals surface area (Å²) in [5.41, 5.74) is 1.68. The Labute approximate surface area is 220 Å². The molecular formula is C28H30F3NO5S. The van der Waals surface area contributed by atoms with Crippen LogP contribution in [0.15, 0.2) is 65.6 Å². The highest BCUT2D eigenvalue weighted by Gasteiger charge is 2.31. The molecule has 0 fully saturated rings. The Balaban J connectivity index is 2.04. The zero-order valence-corrected chi connectivity index (χ0v) is 22.6. The first-order chi connectivity index (χ1) is 17.6. The number of carbonyl (C=O) groups is 1. The fourth-order valence-corrected chi connectivity index (χ4v) is 5.25. The molecule has 3 aromatic carbocycles. The van der Waals surface area contributed by atoms with E-state index in [1.807, 2.05) is 26.8 Å². The van der Waals surface area contributed by atoms with Crippen LogP contribution < -0.4 is 9.04 Å². The Morgan fingerprint density at radius 2 is 1.58 bits per heavy atom. The van der Waals surface area contributed by atoms with Gasteiger partial charge in [0.2, 0.25) is 0 Å². The van der Waals surface area contributed by atoms with Crippen LogP contribution in [0.3, 0.4) is 0 Å². The van der Waals surface area contributed by atoms with E-state index in [0.29, 0.717) is 28.8 Å². The third-order valence-electron chi connectivity index (χ3n) is 6.65. The summed E-state index contributed by atoms with van der Waals surface area (Å²) in [5.74, 6) is -0.880. The van der Waals surface area contributed by atoms with Crippen LogP contribution in [0, 0.1) is 6.92 Å². The van der Waals surface area contributed by atoms with Crippen molar-refractivity contribution >= 4 is 21.7 Å². The number of rotatable bonds is 9. The zero-order chi connectivity index (χ0) is 28.5. The molecule has 0 saturated carbocycles. The molecule has 0 aliphatic heterocycles. The lowest BCUT2D eigenvalue weighted by Crippen LogP contribution is -2.30. The lowest BCUT2D eigenvalue weighted by Gasteiger charge is -2.31. The summed E-state index contributed by atoms with van der Waals surface area (Å²) in [7, 11) is -2.57. The largest absolute Gasteiger partial charge is 0.482 e. The lowest BCUT2D eigenvalue weighted by atomic mass is 9.80. The van der Waals surface area contributed by atoms with E-state index in [2.05, 4.69) is 0 Å². The number of carboxylic acids is 1. The van der Waals surface area contributed by atoms with E-state index in [9.17, 15) is 26.4 Å². The fraction of sp³-hybridized carbons (Fsp3) is 0.321. The van der Waals surface area contributed by atoms with E-state index in [0.717, 1.165) is 17.7 Å². The number of halogens is 3. The van der Waals surface area contributed by atoms with Crippen LogP contribution in [0.2, 0.25) is 0 Å². The predicted octanol–water partition coefficient (Wildman–Crippen LogP) is 6.66. The molecule has 6 nitrogen and oxygen atoms in total. The van der Waals surface area contributed by atoms with Crippen LogP contribution in [0.4, 0.5) is 18.9 Å². The molecule has 3 rings (SSSR count). The average Bonchev–Trinajstić information content (AvgIpc) is 2.86. The van der Waals surface area contributed by atoms with Crippen LogP contribution in [-0.4, -0.2) is 33.1 Å². The van der Waals surface area contributed by atoms with Crippen molar-refractivity contribution in [3.05, 3.63) is 77.4 Å². The summed E-state index contributed by atoms with van der Waals surface area (Å²) in [6.07, 6.45) is -3.76. The second kappa shape index (κ2) is 10.7. The van der Waals surface area contributed by atoms with Crippen molar-refractivity contribution in [2.45, 2.75) is 50.6 Å². The molecule has 3 aromatic rings. The maximum absolute atomic E-state index is 13.6. The van der Waals surface area contributed by atoms with E-state index in [1.165, 1.54) is 41.7 Å². The van der Waals surface area contributed by atoms with E-state index in [-0.39, 0.29) is 10.6 Å². The van der Waals surface area contributed by atoms with Crippen molar-refractivity contribution in [2.24, 2.45) is 0 Å². The van der Waals surface area contributed by atoms with Crippen molar-refractivity contribution < 1.29 is 36.2 Å². The third kappa shape index (κ3) is 6.12. The average molecular weight is 550 g/mol. The first kappa shape index (κ1) is 29.0. The smallest absolute Gasteiger partial charge is 0.416 e. The fourth-order valence-electron chi connectivity index (χ4n) is 3.95. The molecule has 0 saturated heterocycles. The lowest BCUT2D eigenvalue weighted by molar-refractivity contribution is -0.139.